The standard InChI is InChI=1S/C33H34N8O2/c1-3-5-15-28-34-31-29(32(42)40(33(43)39(31)4-2)21-20-23-11-7-6-8-12-23)41(28)22-24-16-18-25(19-17-24)26-13-9-10-14-27(26)30-35-37-38-36-30/h6-14,16-19H,3-5,15,20-22H2,1-2H3,(H,35,36,37,38). The highest BCUT2D eigenvalue weighted by Gasteiger charge is 2.21. The van der Waals surface area contributed by atoms with E-state index in [1.807, 2.05) is 66.1 Å². The van der Waals surface area contributed by atoms with Gasteiger partial charge in [-0.15, -0.1) is 5.10 Å². The maximum atomic E-state index is 14.0. The number of nitrogens with zero attached hydrogens (tertiary/aromatic N) is 7. The molecule has 3 aromatic heterocycles. The molecule has 0 saturated heterocycles. The molecule has 10 nitrogen and oxygen atoms in total. The lowest BCUT2D eigenvalue weighted by molar-refractivity contribution is 0.578. The van der Waals surface area contributed by atoms with Gasteiger partial charge in [0, 0.05) is 31.6 Å². The van der Waals surface area contributed by atoms with Gasteiger partial charge in [-0.2, -0.15) is 0 Å². The van der Waals surface area contributed by atoms with Gasteiger partial charge in [0.05, 0.1) is 0 Å². The Morgan fingerprint density at radius 3 is 2.21 bits per heavy atom. The van der Waals surface area contributed by atoms with Crippen molar-refractivity contribution in [2.75, 3.05) is 0 Å². The SMILES string of the molecule is CCCCc1nc2c(c(=O)n(CCc3ccccc3)c(=O)n2CC)n1Cc1ccc(-c2ccccc2-c2nnn[nH]2)cc1. The molecule has 0 aliphatic carbocycles. The van der Waals surface area contributed by atoms with E-state index in [4.69, 9.17) is 4.98 Å². The summed E-state index contributed by atoms with van der Waals surface area (Å²) in [5.74, 6) is 1.43. The highest BCUT2D eigenvalue weighted by Crippen LogP contribution is 2.30. The maximum absolute atomic E-state index is 14.0. The zero-order valence-electron chi connectivity index (χ0n) is 24.4. The van der Waals surface area contributed by atoms with Crippen molar-refractivity contribution in [3.63, 3.8) is 0 Å². The fraction of sp³-hybridized carbons (Fsp3) is 0.273. The van der Waals surface area contributed by atoms with Crippen LogP contribution in [0.15, 0.2) is 88.5 Å². The zero-order valence-corrected chi connectivity index (χ0v) is 24.4. The largest absolute Gasteiger partial charge is 0.332 e. The molecule has 6 aromatic rings. The molecule has 0 unspecified atom stereocenters. The number of nitrogens with one attached hydrogen (secondary N) is 1. The first-order chi connectivity index (χ1) is 21.1. The predicted octanol–water partition coefficient (Wildman–Crippen LogP) is 4.86. The van der Waals surface area contributed by atoms with Crippen LogP contribution in [0.1, 0.15) is 43.6 Å². The van der Waals surface area contributed by atoms with Crippen molar-refractivity contribution in [1.29, 1.82) is 0 Å². The van der Waals surface area contributed by atoms with Crippen molar-refractivity contribution < 1.29 is 0 Å². The van der Waals surface area contributed by atoms with Crippen LogP contribution in [0, 0.1) is 0 Å². The van der Waals surface area contributed by atoms with Crippen LogP contribution in [0.25, 0.3) is 33.7 Å². The number of benzene rings is 3. The summed E-state index contributed by atoms with van der Waals surface area (Å²) in [6.07, 6.45) is 3.26. The van der Waals surface area contributed by atoms with Gasteiger partial charge in [-0.3, -0.25) is 13.9 Å². The lowest BCUT2D eigenvalue weighted by Crippen LogP contribution is -2.41. The molecule has 0 amide bonds. The Kier molecular flexibility index (Phi) is 8.08. The minimum absolute atomic E-state index is 0.290. The fourth-order valence-corrected chi connectivity index (χ4v) is 5.59. The summed E-state index contributed by atoms with van der Waals surface area (Å²) >= 11 is 0. The summed E-state index contributed by atoms with van der Waals surface area (Å²) in [6, 6.07) is 26.2. The molecule has 0 spiro atoms. The van der Waals surface area contributed by atoms with E-state index >= 15 is 0 Å². The van der Waals surface area contributed by atoms with E-state index in [1.165, 1.54) is 4.57 Å². The molecule has 10 heteroatoms. The third-order valence-electron chi connectivity index (χ3n) is 7.86. The van der Waals surface area contributed by atoms with Crippen LogP contribution in [0.4, 0.5) is 0 Å². The number of aromatic nitrogens is 8. The summed E-state index contributed by atoms with van der Waals surface area (Å²) < 4.78 is 5.02. The van der Waals surface area contributed by atoms with Crippen LogP contribution < -0.4 is 11.2 Å². The maximum Gasteiger partial charge on any atom is 0.332 e. The van der Waals surface area contributed by atoms with Gasteiger partial charge in [0.1, 0.15) is 5.82 Å². The quantitative estimate of drug-likeness (QED) is 0.236. The number of rotatable bonds is 11. The Balaban J connectivity index is 1.40. The molecule has 43 heavy (non-hydrogen) atoms. The summed E-state index contributed by atoms with van der Waals surface area (Å²) in [7, 11) is 0. The molecular formula is C33H34N8O2. The van der Waals surface area contributed by atoms with Crippen LogP contribution in [-0.2, 0) is 32.5 Å². The number of tetrazole rings is 1. The van der Waals surface area contributed by atoms with Crippen LogP contribution in [0.5, 0.6) is 0 Å². The molecule has 6 rings (SSSR count). The number of fused-ring (bicyclic) bond motifs is 1. The summed E-state index contributed by atoms with van der Waals surface area (Å²) in [5, 5.41) is 14.4. The number of aryl methyl sites for hydroxylation is 3. The molecule has 218 valence electrons. The molecular weight excluding hydrogens is 540 g/mol. The van der Waals surface area contributed by atoms with Crippen molar-refractivity contribution in [3.8, 4) is 22.5 Å². The van der Waals surface area contributed by atoms with Crippen LogP contribution in [-0.4, -0.2) is 39.3 Å². The Labute approximate surface area is 248 Å². The second-order valence-corrected chi connectivity index (χ2v) is 10.6. The van der Waals surface area contributed by atoms with E-state index < -0.39 is 0 Å². The van der Waals surface area contributed by atoms with Gasteiger partial charge in [-0.25, -0.2) is 14.9 Å². The topological polar surface area (TPSA) is 116 Å². The van der Waals surface area contributed by atoms with Crippen LogP contribution in [0.3, 0.4) is 0 Å². The molecule has 0 saturated carbocycles. The van der Waals surface area contributed by atoms with Gasteiger partial charge >= 0.3 is 5.69 Å². The number of hydrogen-bond acceptors (Lipinski definition) is 6. The van der Waals surface area contributed by atoms with Gasteiger partial charge in [-0.05, 0) is 52.4 Å². The van der Waals surface area contributed by atoms with Gasteiger partial charge < -0.3 is 4.57 Å². The Hall–Kier alpha value is -5.12. The molecule has 0 radical (unpaired) electrons. The number of unbranched alkanes of at least 4 members (excludes halogenated alkanes) is 1. The summed E-state index contributed by atoms with van der Waals surface area (Å²) in [5.41, 5.74) is 5.40. The van der Waals surface area contributed by atoms with E-state index in [0.29, 0.717) is 43.0 Å². The van der Waals surface area contributed by atoms with E-state index in [1.54, 1.807) is 4.57 Å². The highest BCUT2D eigenvalue weighted by molar-refractivity contribution is 5.80. The molecule has 0 atom stereocenters. The summed E-state index contributed by atoms with van der Waals surface area (Å²) in [4.78, 5) is 32.4. The normalized spacial score (nSPS) is 11.4. The van der Waals surface area contributed by atoms with Gasteiger partial charge in [0.15, 0.2) is 17.0 Å². The average molecular weight is 575 g/mol. The molecule has 0 aliphatic rings. The second-order valence-electron chi connectivity index (χ2n) is 10.6. The Morgan fingerprint density at radius 1 is 0.767 bits per heavy atom. The first-order valence-electron chi connectivity index (χ1n) is 14.8. The minimum atomic E-state index is -0.312. The van der Waals surface area contributed by atoms with E-state index in [-0.39, 0.29) is 11.2 Å². The zero-order chi connectivity index (χ0) is 29.8. The lowest BCUT2D eigenvalue weighted by atomic mass is 9.98. The smallest absolute Gasteiger partial charge is 0.318 e. The highest BCUT2D eigenvalue weighted by atomic mass is 16.2. The second kappa shape index (κ2) is 12.4. The van der Waals surface area contributed by atoms with Crippen molar-refractivity contribution >= 4 is 11.2 Å². The molecule has 0 bridgehead atoms. The number of aromatic amines is 1. The number of hydrogen-bond donors (Lipinski definition) is 1. The fourth-order valence-electron chi connectivity index (χ4n) is 5.59. The molecule has 0 fully saturated rings. The average Bonchev–Trinajstić information content (AvgIpc) is 3.70. The van der Waals surface area contributed by atoms with Crippen molar-refractivity contribution in [2.24, 2.45) is 0 Å². The Bertz CT molecular complexity index is 1950. The first-order valence-corrected chi connectivity index (χ1v) is 14.8. The molecule has 3 aromatic carbocycles. The van der Waals surface area contributed by atoms with Crippen molar-refractivity contribution in [2.45, 2.75) is 59.2 Å². The molecule has 0 aliphatic heterocycles. The van der Waals surface area contributed by atoms with Crippen molar-refractivity contribution in [3.05, 3.63) is 117 Å². The van der Waals surface area contributed by atoms with Crippen LogP contribution >= 0.6 is 0 Å². The monoisotopic (exact) mass is 574 g/mol. The number of H-pyrrole nitrogens is 1. The summed E-state index contributed by atoms with van der Waals surface area (Å²) in [6.45, 7) is 5.27. The van der Waals surface area contributed by atoms with Gasteiger partial charge in [0.2, 0.25) is 0 Å². The minimum Gasteiger partial charge on any atom is -0.318 e. The first kappa shape index (κ1) is 28.0. The van der Waals surface area contributed by atoms with Gasteiger partial charge in [-0.1, -0.05) is 92.2 Å². The third kappa shape index (κ3) is 5.55. The third-order valence-corrected chi connectivity index (χ3v) is 7.86. The van der Waals surface area contributed by atoms with Crippen molar-refractivity contribution in [1.82, 2.24) is 39.3 Å². The lowest BCUT2D eigenvalue weighted by Gasteiger charge is -2.13. The van der Waals surface area contributed by atoms with E-state index in [2.05, 4.69) is 51.8 Å². The predicted molar refractivity (Wildman–Crippen MR) is 167 cm³/mol. The molecule has 1 N–H and O–H groups in total. The van der Waals surface area contributed by atoms with E-state index in [0.717, 1.165) is 52.9 Å². The molecule has 3 heterocycles. The van der Waals surface area contributed by atoms with Gasteiger partial charge in [0.25, 0.3) is 5.56 Å². The Morgan fingerprint density at radius 2 is 1.51 bits per heavy atom. The van der Waals surface area contributed by atoms with Crippen LogP contribution in [0.2, 0.25) is 0 Å². The van der Waals surface area contributed by atoms with E-state index in [9.17, 15) is 9.59 Å². The number of imidazole rings is 1.